The number of rotatable bonds is 6. The van der Waals surface area contributed by atoms with Crippen molar-refractivity contribution < 1.29 is 23.4 Å². The van der Waals surface area contributed by atoms with Crippen LogP contribution in [0.3, 0.4) is 0 Å². The molecule has 9 heteroatoms. The molecular weight excluding hydrogens is 493 g/mol. The number of aliphatic hydroxyl groups is 2. The SMILES string of the molecule is Cc1nc(N[C@H](C)c2cccc(C(F)(F)C(C)(C)O)c2F)c2cc(N3CCC(C)(O)C3)c3c(c2n1)CCC3. The lowest BCUT2D eigenvalue weighted by Crippen LogP contribution is -2.41. The molecule has 0 spiro atoms. The van der Waals surface area contributed by atoms with E-state index >= 15 is 4.39 Å². The highest BCUT2D eigenvalue weighted by Gasteiger charge is 2.49. The van der Waals surface area contributed by atoms with Crippen LogP contribution < -0.4 is 10.2 Å². The smallest absolute Gasteiger partial charge is 0.303 e. The number of nitrogens with one attached hydrogen (secondary N) is 1. The van der Waals surface area contributed by atoms with Crippen LogP contribution in [-0.2, 0) is 18.8 Å². The van der Waals surface area contributed by atoms with Crippen LogP contribution in [0.4, 0.5) is 24.7 Å². The summed E-state index contributed by atoms with van der Waals surface area (Å²) in [6.45, 7) is 8.54. The van der Waals surface area contributed by atoms with Gasteiger partial charge >= 0.3 is 5.92 Å². The largest absolute Gasteiger partial charge is 0.388 e. The van der Waals surface area contributed by atoms with Crippen LogP contribution in [0.2, 0.25) is 0 Å². The van der Waals surface area contributed by atoms with Gasteiger partial charge in [0, 0.05) is 29.7 Å². The van der Waals surface area contributed by atoms with E-state index in [-0.39, 0.29) is 5.56 Å². The fraction of sp³-hybridized carbons (Fsp3) is 0.517. The topological polar surface area (TPSA) is 81.5 Å². The van der Waals surface area contributed by atoms with Crippen molar-refractivity contribution in [3.8, 4) is 0 Å². The zero-order valence-electron chi connectivity index (χ0n) is 22.5. The molecule has 0 amide bonds. The number of hydrogen-bond donors (Lipinski definition) is 3. The number of β-amino-alcohol motifs (C(OH)–C–C–N with tert-alkyl or cyclic N) is 1. The first-order chi connectivity index (χ1) is 17.7. The maximum absolute atomic E-state index is 15.5. The van der Waals surface area contributed by atoms with E-state index in [1.165, 1.54) is 23.3 Å². The highest BCUT2D eigenvalue weighted by molar-refractivity contribution is 5.96. The number of benzene rings is 2. The van der Waals surface area contributed by atoms with Gasteiger partial charge in [0.15, 0.2) is 0 Å². The maximum atomic E-state index is 15.5. The van der Waals surface area contributed by atoms with Crippen molar-refractivity contribution in [3.63, 3.8) is 0 Å². The fourth-order valence-electron chi connectivity index (χ4n) is 5.74. The van der Waals surface area contributed by atoms with Gasteiger partial charge in [-0.15, -0.1) is 0 Å². The van der Waals surface area contributed by atoms with Crippen LogP contribution in [-0.4, -0.2) is 44.5 Å². The lowest BCUT2D eigenvalue weighted by molar-refractivity contribution is -0.170. The second-order valence-electron chi connectivity index (χ2n) is 11.6. The van der Waals surface area contributed by atoms with Gasteiger partial charge < -0.3 is 20.4 Å². The summed E-state index contributed by atoms with van der Waals surface area (Å²) < 4.78 is 45.2. The predicted molar refractivity (Wildman–Crippen MR) is 142 cm³/mol. The Morgan fingerprint density at radius 1 is 1.16 bits per heavy atom. The van der Waals surface area contributed by atoms with Crippen LogP contribution in [0.25, 0.3) is 10.9 Å². The van der Waals surface area contributed by atoms with Crippen molar-refractivity contribution in [3.05, 3.63) is 58.2 Å². The second-order valence-corrected chi connectivity index (χ2v) is 11.6. The van der Waals surface area contributed by atoms with Crippen molar-refractivity contribution in [2.24, 2.45) is 0 Å². The molecular formula is C29H35F3N4O2. The number of fused-ring (bicyclic) bond motifs is 3. The molecule has 5 rings (SSSR count). The summed E-state index contributed by atoms with van der Waals surface area (Å²) in [5.41, 5.74) is 0.339. The third-order valence-electron chi connectivity index (χ3n) is 7.90. The molecule has 0 saturated carbocycles. The molecule has 1 unspecified atom stereocenters. The normalized spacial score (nSPS) is 20.7. The Kier molecular flexibility index (Phi) is 6.38. The minimum absolute atomic E-state index is 0.0489. The van der Waals surface area contributed by atoms with Gasteiger partial charge in [0.25, 0.3) is 0 Å². The number of aromatic nitrogens is 2. The van der Waals surface area contributed by atoms with E-state index in [4.69, 9.17) is 4.98 Å². The van der Waals surface area contributed by atoms with Crippen LogP contribution in [0.5, 0.6) is 0 Å². The van der Waals surface area contributed by atoms with Crippen molar-refractivity contribution >= 4 is 22.4 Å². The number of aryl methyl sites for hydroxylation is 2. The molecule has 2 aromatic carbocycles. The van der Waals surface area contributed by atoms with Gasteiger partial charge in [0.05, 0.1) is 22.7 Å². The molecule has 2 atom stereocenters. The highest BCUT2D eigenvalue weighted by atomic mass is 19.3. The van der Waals surface area contributed by atoms with Crippen LogP contribution in [0.15, 0.2) is 24.3 Å². The van der Waals surface area contributed by atoms with Gasteiger partial charge in [0.2, 0.25) is 0 Å². The molecule has 3 N–H and O–H groups in total. The number of hydrogen-bond acceptors (Lipinski definition) is 6. The molecule has 1 aliphatic carbocycles. The zero-order valence-corrected chi connectivity index (χ0v) is 22.5. The van der Waals surface area contributed by atoms with E-state index in [0.29, 0.717) is 24.6 Å². The molecule has 1 fully saturated rings. The number of halogens is 3. The number of alkyl halides is 2. The third kappa shape index (κ3) is 4.49. The Hall–Kier alpha value is -2.91. The standard InChI is InChI=1S/C29H35F3N4O2/c1-16(18-8-7-11-22(24(18)30)29(31,32)27(3,4)37)33-26-21-14-23(36-13-12-28(5,38)15-36)19-9-6-10-20(19)25(21)34-17(2)35-26/h7-8,11,14,16,37-38H,6,9-10,12-13,15H2,1-5H3,(H,33,34,35)/t16-,28?/m1/s1. The molecule has 1 aliphatic heterocycles. The Bertz CT molecular complexity index is 1400. The van der Waals surface area contributed by atoms with Gasteiger partial charge in [-0.05, 0) is 83.6 Å². The van der Waals surface area contributed by atoms with Crippen molar-refractivity contribution in [2.75, 3.05) is 23.3 Å². The van der Waals surface area contributed by atoms with E-state index < -0.39 is 34.5 Å². The molecule has 1 saturated heterocycles. The minimum Gasteiger partial charge on any atom is -0.388 e. The van der Waals surface area contributed by atoms with Crippen LogP contribution >= 0.6 is 0 Å². The fourth-order valence-corrected chi connectivity index (χ4v) is 5.74. The van der Waals surface area contributed by atoms with Gasteiger partial charge in [-0.1, -0.05) is 12.1 Å². The molecule has 38 heavy (non-hydrogen) atoms. The zero-order chi connectivity index (χ0) is 27.6. The summed E-state index contributed by atoms with van der Waals surface area (Å²) in [5.74, 6) is -3.78. The van der Waals surface area contributed by atoms with E-state index in [9.17, 15) is 19.0 Å². The quantitative estimate of drug-likeness (QED) is 0.389. The van der Waals surface area contributed by atoms with Gasteiger partial charge in [-0.2, -0.15) is 8.78 Å². The predicted octanol–water partition coefficient (Wildman–Crippen LogP) is 5.56. The van der Waals surface area contributed by atoms with Crippen molar-refractivity contribution in [1.82, 2.24) is 9.97 Å². The van der Waals surface area contributed by atoms with Gasteiger partial charge in [0.1, 0.15) is 23.1 Å². The lowest BCUT2D eigenvalue weighted by Gasteiger charge is -2.30. The average molecular weight is 529 g/mol. The molecule has 3 aromatic rings. The first-order valence-electron chi connectivity index (χ1n) is 13.2. The van der Waals surface area contributed by atoms with E-state index in [0.717, 1.165) is 62.3 Å². The summed E-state index contributed by atoms with van der Waals surface area (Å²) in [7, 11) is 0. The van der Waals surface area contributed by atoms with E-state index in [1.54, 1.807) is 13.8 Å². The molecule has 0 bridgehead atoms. The Morgan fingerprint density at radius 2 is 1.87 bits per heavy atom. The van der Waals surface area contributed by atoms with E-state index in [1.807, 2.05) is 13.0 Å². The van der Waals surface area contributed by atoms with Crippen LogP contribution in [0, 0.1) is 12.7 Å². The minimum atomic E-state index is -3.78. The Labute approximate surface area is 220 Å². The molecule has 1 aromatic heterocycles. The first kappa shape index (κ1) is 26.7. The molecule has 204 valence electrons. The van der Waals surface area contributed by atoms with Crippen molar-refractivity contribution in [1.29, 1.82) is 0 Å². The maximum Gasteiger partial charge on any atom is 0.303 e. The summed E-state index contributed by atoms with van der Waals surface area (Å²) in [5, 5.41) is 24.6. The Balaban J connectivity index is 1.58. The number of nitrogens with zero attached hydrogens (tertiary/aromatic N) is 3. The average Bonchev–Trinajstić information content (AvgIpc) is 3.44. The Morgan fingerprint density at radius 3 is 2.53 bits per heavy atom. The van der Waals surface area contributed by atoms with Crippen LogP contribution in [0.1, 0.15) is 74.7 Å². The van der Waals surface area contributed by atoms with Crippen molar-refractivity contribution in [2.45, 2.75) is 83.5 Å². The monoisotopic (exact) mass is 528 g/mol. The molecule has 0 radical (unpaired) electrons. The third-order valence-corrected chi connectivity index (χ3v) is 7.90. The van der Waals surface area contributed by atoms with Gasteiger partial charge in [-0.25, -0.2) is 14.4 Å². The summed E-state index contributed by atoms with van der Waals surface area (Å²) >= 11 is 0. The highest BCUT2D eigenvalue weighted by Crippen LogP contribution is 2.43. The number of anilines is 2. The summed E-state index contributed by atoms with van der Waals surface area (Å²) in [6.07, 6.45) is 3.52. The lowest BCUT2D eigenvalue weighted by atomic mass is 9.91. The summed E-state index contributed by atoms with van der Waals surface area (Å²) in [4.78, 5) is 11.6. The van der Waals surface area contributed by atoms with E-state index in [2.05, 4.69) is 15.2 Å². The first-order valence-corrected chi connectivity index (χ1v) is 13.2. The van der Waals surface area contributed by atoms with Gasteiger partial charge in [-0.3, -0.25) is 0 Å². The second kappa shape index (κ2) is 9.09. The molecule has 2 aliphatic rings. The summed E-state index contributed by atoms with van der Waals surface area (Å²) in [6, 6.07) is 5.19. The molecule has 2 heterocycles. The molecule has 6 nitrogen and oxygen atoms in total.